The average molecular weight is 242 g/mol. The summed E-state index contributed by atoms with van der Waals surface area (Å²) in [5.41, 5.74) is 1.33. The Balaban J connectivity index is 2.26. The van der Waals surface area contributed by atoms with Crippen molar-refractivity contribution in [1.82, 2.24) is 5.32 Å². The number of ether oxygens (including phenoxy) is 1. The van der Waals surface area contributed by atoms with Gasteiger partial charge in [0.2, 0.25) is 0 Å². The van der Waals surface area contributed by atoms with Crippen LogP contribution in [0, 0.1) is 0 Å². The first kappa shape index (κ1) is 9.03. The maximum Gasteiger partial charge on any atom is 0.120 e. The molecule has 2 nitrogen and oxygen atoms in total. The third-order valence-electron chi connectivity index (χ3n) is 2.41. The Labute approximate surface area is 86.4 Å². The summed E-state index contributed by atoms with van der Waals surface area (Å²) in [5, 5.41) is 3.37. The Hall–Kier alpha value is -0.540. The highest BCUT2D eigenvalue weighted by Crippen LogP contribution is 2.31. The molecule has 70 valence electrons. The zero-order valence-electron chi connectivity index (χ0n) is 7.51. The highest BCUT2D eigenvalue weighted by molar-refractivity contribution is 9.10. The first-order valence-corrected chi connectivity index (χ1v) is 5.17. The second kappa shape index (κ2) is 3.68. The summed E-state index contributed by atoms with van der Waals surface area (Å²) in [6.07, 6.45) is 1.23. The van der Waals surface area contributed by atoms with Gasteiger partial charge in [0.05, 0.1) is 7.11 Å². The molecule has 3 heteroatoms. The number of rotatable bonds is 2. The third-order valence-corrected chi connectivity index (χ3v) is 3.09. The Kier molecular flexibility index (Phi) is 2.56. The number of hydrogen-bond donors (Lipinski definition) is 1. The molecule has 0 spiro atoms. The lowest BCUT2D eigenvalue weighted by Gasteiger charge is -2.28. The smallest absolute Gasteiger partial charge is 0.120 e. The number of nitrogens with one attached hydrogen (secondary N) is 1. The first-order valence-electron chi connectivity index (χ1n) is 4.38. The van der Waals surface area contributed by atoms with Gasteiger partial charge in [0.25, 0.3) is 0 Å². The minimum Gasteiger partial charge on any atom is -0.497 e. The van der Waals surface area contributed by atoms with Crippen molar-refractivity contribution < 1.29 is 4.74 Å². The summed E-state index contributed by atoms with van der Waals surface area (Å²) in [5.74, 6) is 0.898. The largest absolute Gasteiger partial charge is 0.497 e. The highest BCUT2D eigenvalue weighted by atomic mass is 79.9. The van der Waals surface area contributed by atoms with Gasteiger partial charge in [-0.3, -0.25) is 0 Å². The van der Waals surface area contributed by atoms with Gasteiger partial charge in [-0.15, -0.1) is 0 Å². The normalized spacial score (nSPS) is 20.9. The molecule has 1 N–H and O–H groups in total. The van der Waals surface area contributed by atoms with Crippen LogP contribution in [0.4, 0.5) is 0 Å². The molecule has 0 saturated carbocycles. The van der Waals surface area contributed by atoms with Crippen LogP contribution >= 0.6 is 15.9 Å². The van der Waals surface area contributed by atoms with Crippen LogP contribution < -0.4 is 10.1 Å². The van der Waals surface area contributed by atoms with Crippen LogP contribution in [0.2, 0.25) is 0 Å². The lowest BCUT2D eigenvalue weighted by atomic mass is 9.98. The molecule has 1 aromatic rings. The van der Waals surface area contributed by atoms with Gasteiger partial charge in [0.1, 0.15) is 5.75 Å². The van der Waals surface area contributed by atoms with Crippen molar-refractivity contribution in [3.05, 3.63) is 28.2 Å². The molecule has 1 saturated heterocycles. The monoisotopic (exact) mass is 241 g/mol. The van der Waals surface area contributed by atoms with Gasteiger partial charge in [-0.2, -0.15) is 0 Å². The number of benzene rings is 1. The van der Waals surface area contributed by atoms with Crippen LogP contribution in [-0.4, -0.2) is 13.7 Å². The molecule has 1 heterocycles. The quantitative estimate of drug-likeness (QED) is 0.860. The van der Waals surface area contributed by atoms with E-state index in [-0.39, 0.29) is 0 Å². The van der Waals surface area contributed by atoms with E-state index in [0.29, 0.717) is 6.04 Å². The Bertz CT molecular complexity index is 310. The van der Waals surface area contributed by atoms with Crippen molar-refractivity contribution in [2.45, 2.75) is 12.5 Å². The van der Waals surface area contributed by atoms with E-state index in [4.69, 9.17) is 4.74 Å². The van der Waals surface area contributed by atoms with Crippen molar-refractivity contribution >= 4 is 15.9 Å². The molecule has 1 aromatic carbocycles. The van der Waals surface area contributed by atoms with E-state index in [9.17, 15) is 0 Å². The minimum absolute atomic E-state index is 0.528. The van der Waals surface area contributed by atoms with Crippen LogP contribution in [-0.2, 0) is 0 Å². The molecule has 0 amide bonds. The van der Waals surface area contributed by atoms with E-state index >= 15 is 0 Å². The van der Waals surface area contributed by atoms with E-state index in [1.54, 1.807) is 7.11 Å². The van der Waals surface area contributed by atoms with Crippen molar-refractivity contribution in [3.8, 4) is 5.75 Å². The molecule has 1 aliphatic rings. The van der Waals surface area contributed by atoms with Gasteiger partial charge in [-0.05, 0) is 30.7 Å². The van der Waals surface area contributed by atoms with Gasteiger partial charge in [-0.25, -0.2) is 0 Å². The van der Waals surface area contributed by atoms with Crippen molar-refractivity contribution in [1.29, 1.82) is 0 Å². The second-order valence-electron chi connectivity index (χ2n) is 3.18. The zero-order valence-corrected chi connectivity index (χ0v) is 9.10. The standard InChI is InChI=1S/C10H12BrNO/c1-13-7-2-3-8(9(11)6-7)10-4-5-12-10/h2-3,6,10,12H,4-5H2,1H3. The molecule has 0 aromatic heterocycles. The van der Waals surface area contributed by atoms with Gasteiger partial charge in [0.15, 0.2) is 0 Å². The summed E-state index contributed by atoms with van der Waals surface area (Å²) in [6, 6.07) is 6.65. The van der Waals surface area contributed by atoms with E-state index in [0.717, 1.165) is 16.8 Å². The Morgan fingerprint density at radius 2 is 2.31 bits per heavy atom. The van der Waals surface area contributed by atoms with Gasteiger partial charge in [0, 0.05) is 10.5 Å². The summed E-state index contributed by atoms with van der Waals surface area (Å²) >= 11 is 3.54. The fourth-order valence-corrected chi connectivity index (χ4v) is 2.11. The Morgan fingerprint density at radius 1 is 1.54 bits per heavy atom. The van der Waals surface area contributed by atoms with Crippen LogP contribution in [0.1, 0.15) is 18.0 Å². The van der Waals surface area contributed by atoms with Crippen LogP contribution in [0.15, 0.2) is 22.7 Å². The molecule has 1 fully saturated rings. The first-order chi connectivity index (χ1) is 6.31. The molecule has 0 radical (unpaired) electrons. The lowest BCUT2D eigenvalue weighted by molar-refractivity contribution is 0.380. The maximum absolute atomic E-state index is 5.13. The summed E-state index contributed by atoms with van der Waals surface area (Å²) < 4.78 is 6.26. The molecule has 0 bridgehead atoms. The third kappa shape index (κ3) is 1.71. The summed E-state index contributed by atoms with van der Waals surface area (Å²) in [4.78, 5) is 0. The lowest BCUT2D eigenvalue weighted by Crippen LogP contribution is -2.35. The van der Waals surface area contributed by atoms with E-state index < -0.39 is 0 Å². The van der Waals surface area contributed by atoms with Gasteiger partial charge < -0.3 is 10.1 Å². The molecule has 1 atom stereocenters. The van der Waals surface area contributed by atoms with E-state index in [1.807, 2.05) is 12.1 Å². The van der Waals surface area contributed by atoms with Crippen LogP contribution in [0.5, 0.6) is 5.75 Å². The predicted molar refractivity (Wildman–Crippen MR) is 56.1 cm³/mol. The number of hydrogen-bond acceptors (Lipinski definition) is 2. The second-order valence-corrected chi connectivity index (χ2v) is 4.04. The van der Waals surface area contributed by atoms with Crippen molar-refractivity contribution in [2.75, 3.05) is 13.7 Å². The topological polar surface area (TPSA) is 21.3 Å². The highest BCUT2D eigenvalue weighted by Gasteiger charge is 2.20. The molecular formula is C10H12BrNO. The minimum atomic E-state index is 0.528. The maximum atomic E-state index is 5.13. The fourth-order valence-electron chi connectivity index (χ4n) is 1.47. The molecule has 0 aliphatic carbocycles. The molecule has 2 rings (SSSR count). The number of halogens is 1. The predicted octanol–water partition coefficient (Wildman–Crippen LogP) is 2.49. The van der Waals surface area contributed by atoms with Gasteiger partial charge in [-0.1, -0.05) is 22.0 Å². The van der Waals surface area contributed by atoms with Crippen LogP contribution in [0.3, 0.4) is 0 Å². The average Bonchev–Trinajstić information content (AvgIpc) is 2.05. The van der Waals surface area contributed by atoms with Crippen LogP contribution in [0.25, 0.3) is 0 Å². The van der Waals surface area contributed by atoms with Crippen molar-refractivity contribution in [2.24, 2.45) is 0 Å². The van der Waals surface area contributed by atoms with Crippen molar-refractivity contribution in [3.63, 3.8) is 0 Å². The SMILES string of the molecule is COc1ccc(C2CCN2)c(Br)c1. The number of methoxy groups -OCH3 is 1. The molecule has 1 unspecified atom stereocenters. The van der Waals surface area contributed by atoms with Gasteiger partial charge >= 0.3 is 0 Å². The molecule has 1 aliphatic heterocycles. The van der Waals surface area contributed by atoms with E-state index in [2.05, 4.69) is 27.3 Å². The summed E-state index contributed by atoms with van der Waals surface area (Å²) in [7, 11) is 1.68. The zero-order chi connectivity index (χ0) is 9.26. The fraction of sp³-hybridized carbons (Fsp3) is 0.400. The van der Waals surface area contributed by atoms with E-state index in [1.165, 1.54) is 12.0 Å². The summed E-state index contributed by atoms with van der Waals surface area (Å²) in [6.45, 7) is 1.13. The Morgan fingerprint density at radius 3 is 2.77 bits per heavy atom. The molecule has 13 heavy (non-hydrogen) atoms. The molecular weight excluding hydrogens is 230 g/mol.